The Morgan fingerprint density at radius 2 is 1.65 bits per heavy atom. The van der Waals surface area contributed by atoms with Crippen molar-refractivity contribution < 1.29 is 9.47 Å². The second-order valence-electron chi connectivity index (χ2n) is 5.61. The van der Waals surface area contributed by atoms with Gasteiger partial charge in [0.05, 0.1) is 14.2 Å². The molecule has 0 aromatic carbocycles. The summed E-state index contributed by atoms with van der Waals surface area (Å²) in [5, 5.41) is 0. The molecule has 20 heavy (non-hydrogen) atoms. The van der Waals surface area contributed by atoms with Gasteiger partial charge in [0.1, 0.15) is 0 Å². The van der Waals surface area contributed by atoms with Gasteiger partial charge in [-0.05, 0) is 31.1 Å². The summed E-state index contributed by atoms with van der Waals surface area (Å²) >= 11 is 0. The first kappa shape index (κ1) is 13.4. The van der Waals surface area contributed by atoms with Gasteiger partial charge in [-0.25, -0.2) is 0 Å². The van der Waals surface area contributed by atoms with Crippen LogP contribution in [0.15, 0.2) is 0 Å². The number of hydrogen-bond donors (Lipinski definition) is 1. The third-order valence-corrected chi connectivity index (χ3v) is 4.32. The summed E-state index contributed by atoms with van der Waals surface area (Å²) in [5.41, 5.74) is 6.07. The molecule has 1 saturated heterocycles. The Labute approximate surface area is 118 Å². The maximum atomic E-state index is 6.07. The van der Waals surface area contributed by atoms with Crippen molar-refractivity contribution in [2.24, 2.45) is 17.6 Å². The Morgan fingerprint density at radius 1 is 1.00 bits per heavy atom. The summed E-state index contributed by atoms with van der Waals surface area (Å²) in [6, 6.07) is 0.926. The topological polar surface area (TPSA) is 86.4 Å². The molecular weight excluding hydrogens is 258 g/mol. The number of aromatic nitrogens is 3. The fraction of sp³-hybridized carbons (Fsp3) is 0.769. The largest absolute Gasteiger partial charge is 0.467 e. The lowest BCUT2D eigenvalue weighted by Crippen LogP contribution is -2.32. The van der Waals surface area contributed by atoms with Crippen LogP contribution in [0.5, 0.6) is 12.0 Å². The SMILES string of the molecule is COc1nc(OC)nc(N2C[C@H]3CCC(N)C[C@H]3C2)n1. The summed E-state index contributed by atoms with van der Waals surface area (Å²) < 4.78 is 10.2. The van der Waals surface area contributed by atoms with Crippen molar-refractivity contribution in [2.45, 2.75) is 25.3 Å². The lowest BCUT2D eigenvalue weighted by Gasteiger charge is -2.27. The molecule has 1 aliphatic heterocycles. The zero-order chi connectivity index (χ0) is 14.1. The Morgan fingerprint density at radius 3 is 2.30 bits per heavy atom. The third kappa shape index (κ3) is 2.49. The van der Waals surface area contributed by atoms with E-state index in [9.17, 15) is 0 Å². The molecule has 1 saturated carbocycles. The molecule has 2 N–H and O–H groups in total. The molecule has 1 unspecified atom stereocenters. The highest BCUT2D eigenvalue weighted by atomic mass is 16.5. The van der Waals surface area contributed by atoms with E-state index in [1.807, 2.05) is 0 Å². The normalized spacial score (nSPS) is 29.1. The fourth-order valence-corrected chi connectivity index (χ4v) is 3.28. The molecule has 110 valence electrons. The highest BCUT2D eigenvalue weighted by molar-refractivity contribution is 5.34. The zero-order valence-corrected chi connectivity index (χ0v) is 12.0. The van der Waals surface area contributed by atoms with Gasteiger partial charge in [0.2, 0.25) is 5.95 Å². The van der Waals surface area contributed by atoms with Gasteiger partial charge < -0.3 is 20.1 Å². The van der Waals surface area contributed by atoms with Crippen LogP contribution >= 0.6 is 0 Å². The molecule has 2 heterocycles. The number of nitrogens with two attached hydrogens (primary N) is 1. The molecule has 2 fully saturated rings. The molecule has 0 spiro atoms. The summed E-state index contributed by atoms with van der Waals surface area (Å²) in [5.74, 6) is 1.98. The lowest BCUT2D eigenvalue weighted by atomic mass is 9.79. The highest BCUT2D eigenvalue weighted by Crippen LogP contribution is 2.37. The molecule has 7 nitrogen and oxygen atoms in total. The number of anilines is 1. The average molecular weight is 279 g/mol. The Balaban J connectivity index is 1.80. The number of hydrogen-bond acceptors (Lipinski definition) is 7. The molecule has 7 heteroatoms. The number of ether oxygens (including phenoxy) is 2. The summed E-state index contributed by atoms with van der Waals surface area (Å²) in [7, 11) is 3.09. The van der Waals surface area contributed by atoms with Gasteiger partial charge in [-0.2, -0.15) is 9.97 Å². The smallest absolute Gasteiger partial charge is 0.324 e. The lowest BCUT2D eigenvalue weighted by molar-refractivity contribution is 0.271. The molecule has 0 bridgehead atoms. The van der Waals surface area contributed by atoms with Gasteiger partial charge in [-0.15, -0.1) is 4.98 Å². The quantitative estimate of drug-likeness (QED) is 0.859. The van der Waals surface area contributed by atoms with Crippen molar-refractivity contribution in [2.75, 3.05) is 32.2 Å². The zero-order valence-electron chi connectivity index (χ0n) is 12.0. The maximum absolute atomic E-state index is 6.07. The van der Waals surface area contributed by atoms with Gasteiger partial charge in [0, 0.05) is 19.1 Å². The van der Waals surface area contributed by atoms with Crippen LogP contribution in [0.4, 0.5) is 5.95 Å². The second kappa shape index (κ2) is 5.40. The van der Waals surface area contributed by atoms with Crippen LogP contribution in [0.25, 0.3) is 0 Å². The van der Waals surface area contributed by atoms with Crippen LogP contribution in [-0.2, 0) is 0 Å². The predicted molar refractivity (Wildman–Crippen MR) is 74.0 cm³/mol. The van der Waals surface area contributed by atoms with Gasteiger partial charge in [0.25, 0.3) is 0 Å². The van der Waals surface area contributed by atoms with E-state index in [4.69, 9.17) is 15.2 Å². The molecular formula is C13H21N5O2. The summed E-state index contributed by atoms with van der Waals surface area (Å²) in [6.45, 7) is 1.93. The molecule has 0 radical (unpaired) electrons. The van der Waals surface area contributed by atoms with Crippen molar-refractivity contribution >= 4 is 5.95 Å². The van der Waals surface area contributed by atoms with Gasteiger partial charge in [-0.1, -0.05) is 0 Å². The number of nitrogens with zero attached hydrogens (tertiary/aromatic N) is 4. The predicted octanol–water partition coefficient (Wildman–Crippen LogP) is 0.452. The van der Waals surface area contributed by atoms with E-state index >= 15 is 0 Å². The maximum Gasteiger partial charge on any atom is 0.324 e. The van der Waals surface area contributed by atoms with Crippen molar-refractivity contribution in [3.05, 3.63) is 0 Å². The van der Waals surface area contributed by atoms with Crippen LogP contribution in [0, 0.1) is 11.8 Å². The Hall–Kier alpha value is -1.63. The van der Waals surface area contributed by atoms with E-state index < -0.39 is 0 Å². The molecule has 3 atom stereocenters. The first-order valence-electron chi connectivity index (χ1n) is 7.04. The van der Waals surface area contributed by atoms with Crippen molar-refractivity contribution in [1.29, 1.82) is 0 Å². The van der Waals surface area contributed by atoms with E-state index in [-0.39, 0.29) is 0 Å². The minimum absolute atomic E-state index is 0.290. The average Bonchev–Trinajstić information content (AvgIpc) is 2.89. The fourth-order valence-electron chi connectivity index (χ4n) is 3.28. The molecule has 1 aromatic rings. The molecule has 0 amide bonds. The van der Waals surface area contributed by atoms with Crippen molar-refractivity contribution in [3.8, 4) is 12.0 Å². The van der Waals surface area contributed by atoms with Crippen LogP contribution in [0.3, 0.4) is 0 Å². The van der Waals surface area contributed by atoms with Crippen molar-refractivity contribution in [1.82, 2.24) is 15.0 Å². The van der Waals surface area contributed by atoms with Gasteiger partial charge in [-0.3, -0.25) is 0 Å². The van der Waals surface area contributed by atoms with Gasteiger partial charge in [0.15, 0.2) is 0 Å². The van der Waals surface area contributed by atoms with E-state index in [0.717, 1.165) is 25.9 Å². The number of methoxy groups -OCH3 is 2. The number of fused-ring (bicyclic) bond motifs is 1. The van der Waals surface area contributed by atoms with Crippen molar-refractivity contribution in [3.63, 3.8) is 0 Å². The molecule has 2 aliphatic rings. The van der Waals surface area contributed by atoms with Gasteiger partial charge >= 0.3 is 12.0 Å². The monoisotopic (exact) mass is 279 g/mol. The van der Waals surface area contributed by atoms with E-state index in [1.54, 1.807) is 14.2 Å². The van der Waals surface area contributed by atoms with E-state index in [0.29, 0.717) is 35.8 Å². The standard InChI is InChI=1S/C13H21N5O2/c1-19-12-15-11(16-13(17-12)20-2)18-6-8-3-4-10(14)5-9(8)7-18/h8-10H,3-7,14H2,1-2H3/t8-,9+,10?/m1/s1. The number of rotatable bonds is 3. The summed E-state index contributed by atoms with van der Waals surface area (Å²) in [6.07, 6.45) is 3.42. The molecule has 1 aromatic heterocycles. The van der Waals surface area contributed by atoms with E-state index in [2.05, 4.69) is 19.9 Å². The van der Waals surface area contributed by atoms with Crippen LogP contribution in [-0.4, -0.2) is 48.3 Å². The first-order chi connectivity index (χ1) is 9.69. The van der Waals surface area contributed by atoms with E-state index in [1.165, 1.54) is 6.42 Å². The third-order valence-electron chi connectivity index (χ3n) is 4.32. The molecule has 3 rings (SSSR count). The van der Waals surface area contributed by atoms with Crippen LogP contribution in [0.1, 0.15) is 19.3 Å². The highest BCUT2D eigenvalue weighted by Gasteiger charge is 2.38. The molecule has 1 aliphatic carbocycles. The summed E-state index contributed by atoms with van der Waals surface area (Å²) in [4.78, 5) is 14.9. The minimum atomic E-state index is 0.290. The van der Waals surface area contributed by atoms with Crippen LogP contribution in [0.2, 0.25) is 0 Å². The minimum Gasteiger partial charge on any atom is -0.467 e. The Bertz CT molecular complexity index is 462. The first-order valence-corrected chi connectivity index (χ1v) is 7.04. The second-order valence-corrected chi connectivity index (χ2v) is 5.61. The van der Waals surface area contributed by atoms with Crippen LogP contribution < -0.4 is 20.1 Å². The Kier molecular flexibility index (Phi) is 3.60.